The number of hydrazine groups is 1. The molecule has 2 heterocycles. The fraction of sp³-hybridized carbons (Fsp3) is 0.143. The Balaban J connectivity index is 2.16. The molecule has 0 unspecified atom stereocenters. The van der Waals surface area contributed by atoms with Crippen LogP contribution in [0, 0.1) is 0 Å². The molecule has 0 amide bonds. The smallest absolute Gasteiger partial charge is 0.240 e. The largest absolute Gasteiger partial charge is 0.495 e. The van der Waals surface area contributed by atoms with Crippen molar-refractivity contribution in [3.63, 3.8) is 0 Å². The maximum Gasteiger partial charge on any atom is 0.240 e. The fourth-order valence-electron chi connectivity index (χ4n) is 2.18. The summed E-state index contributed by atoms with van der Waals surface area (Å²) in [6.07, 6.45) is 0. The van der Waals surface area contributed by atoms with E-state index in [1.165, 1.54) is 0 Å². The number of nitrogen functional groups attached to an aromatic ring is 1. The third kappa shape index (κ3) is 2.37. The molecule has 3 aromatic rings. The Morgan fingerprint density at radius 1 is 1.24 bits per heavy atom. The zero-order chi connectivity index (χ0) is 14.8. The molecule has 0 saturated carbocycles. The van der Waals surface area contributed by atoms with Gasteiger partial charge in [0.05, 0.1) is 18.2 Å². The number of aromatic nitrogens is 2. The first-order chi connectivity index (χ1) is 10.2. The summed E-state index contributed by atoms with van der Waals surface area (Å²) in [5.74, 6) is 7.41. The minimum absolute atomic E-state index is 0.390. The Labute approximate surface area is 126 Å². The van der Waals surface area contributed by atoms with E-state index in [4.69, 9.17) is 10.6 Å². The number of nitrogens with zero attached hydrogens (tertiary/aromatic N) is 3. The predicted molar refractivity (Wildman–Crippen MR) is 86.3 cm³/mol. The highest BCUT2D eigenvalue weighted by atomic mass is 32.1. The molecule has 0 radical (unpaired) electrons. The molecule has 3 N–H and O–H groups in total. The van der Waals surface area contributed by atoms with E-state index >= 15 is 0 Å². The Hall–Kier alpha value is -2.38. The summed E-state index contributed by atoms with van der Waals surface area (Å²) in [5.41, 5.74) is 3.44. The van der Waals surface area contributed by atoms with Crippen LogP contribution >= 0.6 is 11.3 Å². The fourth-order valence-corrected chi connectivity index (χ4v) is 2.94. The van der Waals surface area contributed by atoms with Crippen LogP contribution in [0.2, 0.25) is 0 Å². The summed E-state index contributed by atoms with van der Waals surface area (Å²) in [4.78, 5) is 11.7. The van der Waals surface area contributed by atoms with Crippen molar-refractivity contribution in [1.29, 1.82) is 0 Å². The van der Waals surface area contributed by atoms with Gasteiger partial charge < -0.3 is 9.64 Å². The minimum atomic E-state index is 0.390. The first kappa shape index (κ1) is 13.6. The molecule has 0 aliphatic rings. The van der Waals surface area contributed by atoms with E-state index in [-0.39, 0.29) is 0 Å². The van der Waals surface area contributed by atoms with E-state index in [2.05, 4.69) is 15.4 Å². The highest BCUT2D eigenvalue weighted by molar-refractivity contribution is 7.16. The molecule has 7 heteroatoms. The Morgan fingerprint density at radius 3 is 2.81 bits per heavy atom. The lowest BCUT2D eigenvalue weighted by Crippen LogP contribution is -2.16. The third-order valence-corrected chi connectivity index (χ3v) is 4.00. The summed E-state index contributed by atoms with van der Waals surface area (Å²) in [6, 6.07) is 9.79. The van der Waals surface area contributed by atoms with Crippen LogP contribution in [0.25, 0.3) is 10.2 Å². The van der Waals surface area contributed by atoms with Crippen LogP contribution in [0.15, 0.2) is 35.7 Å². The van der Waals surface area contributed by atoms with Gasteiger partial charge in [-0.1, -0.05) is 12.1 Å². The van der Waals surface area contributed by atoms with Crippen molar-refractivity contribution < 1.29 is 4.74 Å². The van der Waals surface area contributed by atoms with Gasteiger partial charge in [-0.25, -0.2) is 10.8 Å². The zero-order valence-corrected chi connectivity index (χ0v) is 12.5. The molecule has 0 spiro atoms. The number of hydrogen-bond acceptors (Lipinski definition) is 7. The van der Waals surface area contributed by atoms with Gasteiger partial charge in [-0.2, -0.15) is 4.98 Å². The lowest BCUT2D eigenvalue weighted by molar-refractivity contribution is 0.415. The summed E-state index contributed by atoms with van der Waals surface area (Å²) in [6.45, 7) is 0. The van der Waals surface area contributed by atoms with Crippen LogP contribution in [-0.4, -0.2) is 24.1 Å². The van der Waals surface area contributed by atoms with Crippen LogP contribution in [0.5, 0.6) is 5.75 Å². The molecule has 6 nitrogen and oxygen atoms in total. The molecular formula is C14H15N5OS. The molecular weight excluding hydrogens is 286 g/mol. The first-order valence-corrected chi connectivity index (χ1v) is 7.21. The van der Waals surface area contributed by atoms with Crippen molar-refractivity contribution in [2.45, 2.75) is 0 Å². The van der Waals surface area contributed by atoms with Crippen LogP contribution in [-0.2, 0) is 0 Å². The number of ether oxygens (including phenoxy) is 1. The average Bonchev–Trinajstić information content (AvgIpc) is 3.01. The van der Waals surface area contributed by atoms with Crippen molar-refractivity contribution in [3.8, 4) is 5.75 Å². The van der Waals surface area contributed by atoms with Crippen molar-refractivity contribution in [2.75, 3.05) is 24.5 Å². The summed E-state index contributed by atoms with van der Waals surface area (Å²) >= 11 is 1.55. The van der Waals surface area contributed by atoms with Gasteiger partial charge in [0.15, 0.2) is 0 Å². The van der Waals surface area contributed by atoms with Gasteiger partial charge in [0.25, 0.3) is 0 Å². The average molecular weight is 301 g/mol. The van der Waals surface area contributed by atoms with Gasteiger partial charge in [-0.3, -0.25) is 5.43 Å². The monoisotopic (exact) mass is 301 g/mol. The number of rotatable bonds is 4. The quantitative estimate of drug-likeness (QED) is 0.570. The van der Waals surface area contributed by atoms with Crippen LogP contribution in [0.1, 0.15) is 0 Å². The number of anilines is 3. The molecule has 0 atom stereocenters. The van der Waals surface area contributed by atoms with E-state index in [0.29, 0.717) is 5.95 Å². The van der Waals surface area contributed by atoms with Crippen LogP contribution in [0.4, 0.5) is 17.5 Å². The van der Waals surface area contributed by atoms with E-state index in [9.17, 15) is 0 Å². The number of benzene rings is 1. The van der Waals surface area contributed by atoms with E-state index in [0.717, 1.165) is 27.5 Å². The Kier molecular flexibility index (Phi) is 3.59. The molecule has 21 heavy (non-hydrogen) atoms. The van der Waals surface area contributed by atoms with Crippen molar-refractivity contribution in [2.24, 2.45) is 5.84 Å². The second-order valence-electron chi connectivity index (χ2n) is 4.39. The summed E-state index contributed by atoms with van der Waals surface area (Å²) in [7, 11) is 3.59. The number of nitrogens with one attached hydrogen (secondary N) is 1. The number of nitrogens with two attached hydrogens (primary N) is 1. The van der Waals surface area contributed by atoms with E-state index < -0.39 is 0 Å². The third-order valence-electron chi connectivity index (χ3n) is 3.20. The molecule has 2 aromatic heterocycles. The molecule has 1 aromatic carbocycles. The zero-order valence-electron chi connectivity index (χ0n) is 11.7. The van der Waals surface area contributed by atoms with E-state index in [1.807, 2.05) is 47.7 Å². The SMILES string of the molecule is COc1ccccc1N(C)c1nc(NN)nc2sccc12. The number of hydrogen-bond donors (Lipinski definition) is 2. The lowest BCUT2D eigenvalue weighted by atomic mass is 10.2. The number of methoxy groups -OCH3 is 1. The maximum absolute atomic E-state index is 5.46. The van der Waals surface area contributed by atoms with Gasteiger partial charge in [0, 0.05) is 7.05 Å². The lowest BCUT2D eigenvalue weighted by Gasteiger charge is -2.21. The second kappa shape index (κ2) is 5.55. The summed E-state index contributed by atoms with van der Waals surface area (Å²) < 4.78 is 5.42. The van der Waals surface area contributed by atoms with E-state index in [1.54, 1.807) is 18.4 Å². The van der Waals surface area contributed by atoms with Gasteiger partial charge in [-0.05, 0) is 23.6 Å². The van der Waals surface area contributed by atoms with Gasteiger partial charge in [-0.15, -0.1) is 11.3 Å². The van der Waals surface area contributed by atoms with Gasteiger partial charge >= 0.3 is 0 Å². The second-order valence-corrected chi connectivity index (χ2v) is 5.28. The summed E-state index contributed by atoms with van der Waals surface area (Å²) in [5, 5.41) is 2.96. The van der Waals surface area contributed by atoms with Crippen molar-refractivity contribution >= 4 is 39.0 Å². The molecule has 0 fully saturated rings. The Morgan fingerprint density at radius 2 is 2.05 bits per heavy atom. The number of thiophene rings is 1. The first-order valence-electron chi connectivity index (χ1n) is 6.33. The van der Waals surface area contributed by atoms with Crippen LogP contribution in [0.3, 0.4) is 0 Å². The van der Waals surface area contributed by atoms with Gasteiger partial charge in [0.1, 0.15) is 16.4 Å². The van der Waals surface area contributed by atoms with Crippen LogP contribution < -0.4 is 20.9 Å². The molecule has 108 valence electrons. The Bertz CT molecular complexity index is 773. The molecule has 0 saturated heterocycles. The van der Waals surface area contributed by atoms with Crippen molar-refractivity contribution in [1.82, 2.24) is 9.97 Å². The number of fused-ring (bicyclic) bond motifs is 1. The molecule has 0 aliphatic carbocycles. The maximum atomic E-state index is 5.46. The minimum Gasteiger partial charge on any atom is -0.495 e. The molecule has 0 aliphatic heterocycles. The highest BCUT2D eigenvalue weighted by Crippen LogP contribution is 2.36. The highest BCUT2D eigenvalue weighted by Gasteiger charge is 2.16. The number of para-hydroxylation sites is 2. The van der Waals surface area contributed by atoms with Gasteiger partial charge in [0.2, 0.25) is 5.95 Å². The van der Waals surface area contributed by atoms with Crippen molar-refractivity contribution in [3.05, 3.63) is 35.7 Å². The topological polar surface area (TPSA) is 76.3 Å². The standard InChI is InChI=1S/C14H15N5OS/c1-19(10-5-3-4-6-11(10)20-2)12-9-7-8-21-13(9)17-14(16-12)18-15/h3-8H,15H2,1-2H3,(H,16,17,18). The molecule has 0 bridgehead atoms. The predicted octanol–water partition coefficient (Wildman–Crippen LogP) is 2.75. The normalized spacial score (nSPS) is 10.6. The molecule has 3 rings (SSSR count).